The maximum Gasteiger partial charge on any atom is 0.227 e. The molecule has 2 heterocycles. The van der Waals surface area contributed by atoms with Crippen molar-refractivity contribution in [3.63, 3.8) is 0 Å². The average Bonchev–Trinajstić information content (AvgIpc) is 3.23. The zero-order valence-corrected chi connectivity index (χ0v) is 12.8. The molecule has 1 aromatic carbocycles. The number of amides is 2. The van der Waals surface area contributed by atoms with Crippen molar-refractivity contribution in [1.29, 1.82) is 5.26 Å². The first kappa shape index (κ1) is 15.5. The Labute approximate surface area is 135 Å². The van der Waals surface area contributed by atoms with Crippen LogP contribution in [0.1, 0.15) is 12.8 Å². The number of nitriles is 1. The van der Waals surface area contributed by atoms with E-state index in [0.717, 1.165) is 12.1 Å². The molecule has 23 heavy (non-hydrogen) atoms. The number of carbonyl (C=O) groups excluding carboxylic acids is 2. The van der Waals surface area contributed by atoms with E-state index in [1.807, 2.05) is 30.3 Å². The molecule has 120 valence electrons. The molecule has 1 aromatic rings. The number of nitrogens with one attached hydrogen (secondary N) is 1. The molecule has 0 aromatic heterocycles. The Kier molecular flexibility index (Phi) is 4.58. The molecule has 0 unspecified atom stereocenters. The lowest BCUT2D eigenvalue weighted by Crippen LogP contribution is -2.43. The van der Waals surface area contributed by atoms with E-state index in [1.54, 1.807) is 4.90 Å². The number of hydrogen-bond acceptors (Lipinski definition) is 4. The number of ether oxygens (including phenoxy) is 1. The van der Waals surface area contributed by atoms with Crippen LogP contribution in [-0.2, 0) is 14.3 Å². The number of benzene rings is 1. The summed E-state index contributed by atoms with van der Waals surface area (Å²) >= 11 is 0. The molecule has 0 saturated carbocycles. The van der Waals surface area contributed by atoms with E-state index in [9.17, 15) is 14.9 Å². The first-order valence-electron chi connectivity index (χ1n) is 7.82. The number of nitrogens with zero attached hydrogens (tertiary/aromatic N) is 2. The Morgan fingerprint density at radius 3 is 2.83 bits per heavy atom. The van der Waals surface area contributed by atoms with Gasteiger partial charge in [0.25, 0.3) is 0 Å². The molecule has 3 atom stereocenters. The third kappa shape index (κ3) is 3.35. The monoisotopic (exact) mass is 313 g/mol. The highest BCUT2D eigenvalue weighted by molar-refractivity contribution is 6.00. The van der Waals surface area contributed by atoms with E-state index in [-0.39, 0.29) is 24.2 Å². The molecule has 6 nitrogen and oxygen atoms in total. The van der Waals surface area contributed by atoms with E-state index in [0.29, 0.717) is 19.8 Å². The number of para-hydroxylation sites is 1. The maximum atomic E-state index is 12.4. The average molecular weight is 313 g/mol. The molecule has 0 spiro atoms. The Balaban J connectivity index is 1.62. The van der Waals surface area contributed by atoms with E-state index in [1.165, 1.54) is 0 Å². The SMILES string of the molecule is N#C[C@H](NC(=O)[C@H]1CC(=O)N(c2ccccc2)C1)[C@H]1CCOC1. The zero-order chi connectivity index (χ0) is 16.2. The Hall–Kier alpha value is -2.39. The summed E-state index contributed by atoms with van der Waals surface area (Å²) in [5.74, 6) is -0.670. The van der Waals surface area contributed by atoms with Crippen molar-refractivity contribution in [2.45, 2.75) is 18.9 Å². The van der Waals surface area contributed by atoms with Gasteiger partial charge in [0.15, 0.2) is 0 Å². The van der Waals surface area contributed by atoms with Gasteiger partial charge in [-0.05, 0) is 18.6 Å². The second kappa shape index (κ2) is 6.80. The van der Waals surface area contributed by atoms with Crippen LogP contribution in [0.4, 0.5) is 5.69 Å². The van der Waals surface area contributed by atoms with E-state index >= 15 is 0 Å². The van der Waals surface area contributed by atoms with Gasteiger partial charge in [-0.3, -0.25) is 9.59 Å². The highest BCUT2D eigenvalue weighted by Crippen LogP contribution is 2.25. The van der Waals surface area contributed by atoms with Gasteiger partial charge in [0.2, 0.25) is 11.8 Å². The molecule has 2 saturated heterocycles. The summed E-state index contributed by atoms with van der Waals surface area (Å²) in [5.41, 5.74) is 0.800. The van der Waals surface area contributed by atoms with Crippen molar-refractivity contribution in [2.75, 3.05) is 24.7 Å². The fourth-order valence-corrected chi connectivity index (χ4v) is 3.08. The van der Waals surface area contributed by atoms with Crippen molar-refractivity contribution >= 4 is 17.5 Å². The van der Waals surface area contributed by atoms with E-state index in [4.69, 9.17) is 4.74 Å². The van der Waals surface area contributed by atoms with Crippen molar-refractivity contribution in [3.8, 4) is 6.07 Å². The molecule has 6 heteroatoms. The molecule has 0 radical (unpaired) electrons. The maximum absolute atomic E-state index is 12.4. The Bertz CT molecular complexity index is 620. The number of hydrogen-bond donors (Lipinski definition) is 1. The van der Waals surface area contributed by atoms with Crippen molar-refractivity contribution in [3.05, 3.63) is 30.3 Å². The van der Waals surface area contributed by atoms with Crippen LogP contribution in [0.15, 0.2) is 30.3 Å². The molecule has 2 aliphatic rings. The van der Waals surface area contributed by atoms with Crippen LogP contribution >= 0.6 is 0 Å². The van der Waals surface area contributed by atoms with Gasteiger partial charge in [0.05, 0.1) is 18.6 Å². The smallest absolute Gasteiger partial charge is 0.227 e. The van der Waals surface area contributed by atoms with E-state index in [2.05, 4.69) is 11.4 Å². The molecule has 1 N–H and O–H groups in total. The van der Waals surface area contributed by atoms with Crippen LogP contribution in [0.3, 0.4) is 0 Å². The molecule has 2 amide bonds. The predicted octanol–water partition coefficient (Wildman–Crippen LogP) is 1.08. The first-order valence-corrected chi connectivity index (χ1v) is 7.82. The van der Waals surface area contributed by atoms with Gasteiger partial charge in [-0.25, -0.2) is 0 Å². The normalized spacial score (nSPS) is 25.2. The van der Waals surface area contributed by atoms with Gasteiger partial charge in [0, 0.05) is 31.2 Å². The van der Waals surface area contributed by atoms with Gasteiger partial charge in [-0.2, -0.15) is 5.26 Å². The lowest BCUT2D eigenvalue weighted by atomic mass is 9.99. The highest BCUT2D eigenvalue weighted by atomic mass is 16.5. The summed E-state index contributed by atoms with van der Waals surface area (Å²) < 4.78 is 5.27. The molecular weight excluding hydrogens is 294 g/mol. The number of anilines is 1. The third-order valence-electron chi connectivity index (χ3n) is 4.44. The summed E-state index contributed by atoms with van der Waals surface area (Å²) in [7, 11) is 0. The predicted molar refractivity (Wildman–Crippen MR) is 83.4 cm³/mol. The van der Waals surface area contributed by atoms with Gasteiger partial charge < -0.3 is 15.0 Å². The lowest BCUT2D eigenvalue weighted by molar-refractivity contribution is -0.126. The Morgan fingerprint density at radius 2 is 2.17 bits per heavy atom. The summed E-state index contributed by atoms with van der Waals surface area (Å²) in [5, 5.41) is 12.0. The van der Waals surface area contributed by atoms with Crippen molar-refractivity contribution < 1.29 is 14.3 Å². The van der Waals surface area contributed by atoms with Crippen LogP contribution in [0.25, 0.3) is 0 Å². The first-order chi connectivity index (χ1) is 11.2. The van der Waals surface area contributed by atoms with E-state index < -0.39 is 12.0 Å². The molecular formula is C17H19N3O3. The number of rotatable bonds is 4. The third-order valence-corrected chi connectivity index (χ3v) is 4.44. The zero-order valence-electron chi connectivity index (χ0n) is 12.8. The van der Waals surface area contributed by atoms with Crippen LogP contribution in [-0.4, -0.2) is 37.6 Å². The fourth-order valence-electron chi connectivity index (χ4n) is 3.08. The standard InChI is InChI=1S/C17H19N3O3/c18-9-15(12-6-7-23-11-12)19-17(22)13-8-16(21)20(10-13)14-4-2-1-3-5-14/h1-5,12-13,15H,6-8,10-11H2,(H,19,22)/t12-,13-,15-/m0/s1. The minimum Gasteiger partial charge on any atom is -0.381 e. The summed E-state index contributed by atoms with van der Waals surface area (Å²) in [6.07, 6.45) is 0.957. The van der Waals surface area contributed by atoms with Crippen molar-refractivity contribution in [2.24, 2.45) is 11.8 Å². The summed E-state index contributed by atoms with van der Waals surface area (Å²) in [6.45, 7) is 1.48. The molecule has 2 fully saturated rings. The van der Waals surface area contributed by atoms with Crippen LogP contribution < -0.4 is 10.2 Å². The van der Waals surface area contributed by atoms with Crippen LogP contribution in [0.2, 0.25) is 0 Å². The van der Waals surface area contributed by atoms with Crippen LogP contribution in [0.5, 0.6) is 0 Å². The summed E-state index contributed by atoms with van der Waals surface area (Å²) in [4.78, 5) is 26.2. The Morgan fingerprint density at radius 1 is 1.39 bits per heavy atom. The van der Waals surface area contributed by atoms with Gasteiger partial charge in [-0.15, -0.1) is 0 Å². The fraction of sp³-hybridized carbons (Fsp3) is 0.471. The minimum atomic E-state index is -0.550. The summed E-state index contributed by atoms with van der Waals surface area (Å²) in [6, 6.07) is 10.9. The molecule has 0 bridgehead atoms. The second-order valence-corrected chi connectivity index (χ2v) is 5.98. The molecule has 0 aliphatic carbocycles. The van der Waals surface area contributed by atoms with Gasteiger partial charge in [0.1, 0.15) is 6.04 Å². The van der Waals surface area contributed by atoms with Gasteiger partial charge >= 0.3 is 0 Å². The van der Waals surface area contributed by atoms with Crippen LogP contribution in [0, 0.1) is 23.2 Å². The minimum absolute atomic E-state index is 0.0336. The topological polar surface area (TPSA) is 82.4 Å². The molecule has 2 aliphatic heterocycles. The largest absolute Gasteiger partial charge is 0.381 e. The number of carbonyl (C=O) groups is 2. The quantitative estimate of drug-likeness (QED) is 0.902. The molecule has 3 rings (SSSR count). The lowest BCUT2D eigenvalue weighted by Gasteiger charge is -2.19. The highest BCUT2D eigenvalue weighted by Gasteiger charge is 2.37. The second-order valence-electron chi connectivity index (χ2n) is 5.98. The van der Waals surface area contributed by atoms with Gasteiger partial charge in [-0.1, -0.05) is 18.2 Å². The van der Waals surface area contributed by atoms with Crippen molar-refractivity contribution in [1.82, 2.24) is 5.32 Å².